The number of amides is 4. The molecule has 4 amide bonds. The molecule has 18 heteroatoms. The highest BCUT2D eigenvalue weighted by molar-refractivity contribution is 6.11. The van der Waals surface area contributed by atoms with Gasteiger partial charge in [0.2, 0.25) is 11.8 Å². The van der Waals surface area contributed by atoms with Crippen LogP contribution in [-0.4, -0.2) is 99.0 Å². The first kappa shape index (κ1) is 47.0. The molecular formula is C53H58F4N10O4. The zero-order chi connectivity index (χ0) is 49.9. The van der Waals surface area contributed by atoms with Gasteiger partial charge in [-0.05, 0) is 132 Å². The Kier molecular flexibility index (Phi) is 11.2. The van der Waals surface area contributed by atoms with Crippen molar-refractivity contribution in [1.29, 1.82) is 5.26 Å². The fourth-order valence-electron chi connectivity index (χ4n) is 13.3. The summed E-state index contributed by atoms with van der Waals surface area (Å²) in [6.45, 7) is 10.3. The number of piperidine rings is 3. The van der Waals surface area contributed by atoms with Crippen molar-refractivity contribution in [2.45, 2.75) is 115 Å². The summed E-state index contributed by atoms with van der Waals surface area (Å²) < 4.78 is 63.0. The van der Waals surface area contributed by atoms with E-state index in [1.54, 1.807) is 31.5 Å². The van der Waals surface area contributed by atoms with Crippen molar-refractivity contribution in [3.63, 3.8) is 0 Å². The highest BCUT2D eigenvalue weighted by Gasteiger charge is 2.51. The Hall–Kier alpha value is -6.35. The number of rotatable bonds is 9. The van der Waals surface area contributed by atoms with Crippen molar-refractivity contribution in [3.8, 4) is 6.07 Å². The largest absolute Gasteiger partial charge is 0.416 e. The minimum Gasteiger partial charge on any atom is -0.370 e. The van der Waals surface area contributed by atoms with Crippen LogP contribution in [0.3, 0.4) is 0 Å². The van der Waals surface area contributed by atoms with E-state index in [0.717, 1.165) is 50.2 Å². The number of halogens is 4. The molecule has 6 aliphatic heterocycles. The van der Waals surface area contributed by atoms with Crippen molar-refractivity contribution < 1.29 is 36.7 Å². The van der Waals surface area contributed by atoms with E-state index < -0.39 is 40.8 Å². The van der Waals surface area contributed by atoms with Gasteiger partial charge in [0.1, 0.15) is 18.2 Å². The fraction of sp³-hybridized carbons (Fsp3) is 0.528. The number of carbonyl (C=O) groups is 4. The predicted molar refractivity (Wildman–Crippen MR) is 255 cm³/mol. The van der Waals surface area contributed by atoms with Crippen molar-refractivity contribution in [2.24, 2.45) is 24.3 Å². The molecule has 7 heterocycles. The molecule has 1 N–H and O–H groups in total. The van der Waals surface area contributed by atoms with Crippen LogP contribution in [-0.2, 0) is 47.7 Å². The maximum Gasteiger partial charge on any atom is 0.416 e. The zero-order valence-corrected chi connectivity index (χ0v) is 40.5. The Bertz CT molecular complexity index is 2910. The van der Waals surface area contributed by atoms with Gasteiger partial charge in [-0.15, -0.1) is 10.2 Å². The van der Waals surface area contributed by atoms with E-state index in [-0.39, 0.29) is 65.7 Å². The summed E-state index contributed by atoms with van der Waals surface area (Å²) in [7, 11) is 1.86. The number of alkyl halides is 3. The van der Waals surface area contributed by atoms with E-state index >= 15 is 4.39 Å². The fourth-order valence-corrected chi connectivity index (χ4v) is 13.3. The van der Waals surface area contributed by atoms with Crippen molar-refractivity contribution in [3.05, 3.63) is 99.4 Å². The third-order valence-corrected chi connectivity index (χ3v) is 17.7. The average Bonchev–Trinajstić information content (AvgIpc) is 4.00. The van der Waals surface area contributed by atoms with Gasteiger partial charge in [-0.25, -0.2) is 4.39 Å². The number of nitriles is 1. The number of hydrogen-bond donors (Lipinski definition) is 1. The van der Waals surface area contributed by atoms with E-state index in [4.69, 9.17) is 0 Å². The van der Waals surface area contributed by atoms with Gasteiger partial charge in [-0.1, -0.05) is 12.1 Å². The van der Waals surface area contributed by atoms with Gasteiger partial charge >= 0.3 is 6.18 Å². The lowest BCUT2D eigenvalue weighted by Crippen LogP contribution is -2.63. The van der Waals surface area contributed by atoms with Crippen LogP contribution >= 0.6 is 0 Å². The van der Waals surface area contributed by atoms with Crippen molar-refractivity contribution >= 4 is 40.7 Å². The normalized spacial score (nSPS) is 24.8. The number of imide groups is 1. The highest BCUT2D eigenvalue weighted by atomic mass is 19.4. The molecule has 1 aliphatic carbocycles. The molecule has 1 unspecified atom stereocenters. The number of nitrogens with one attached hydrogen (secondary N) is 1. The summed E-state index contributed by atoms with van der Waals surface area (Å²) >= 11 is 0. The molecule has 7 aliphatic rings. The van der Waals surface area contributed by atoms with Crippen LogP contribution < -0.4 is 20.0 Å². The number of nitrogens with zero attached hydrogens (tertiary/aromatic N) is 9. The molecule has 5 fully saturated rings. The SMILES string of the molecule is Cc1cc(N2CCC(C(C)(C)N3CCC4(CC3)CN(c3cc5c(c(C(F)(F)F)c3)CN(c3cccc(C6(Cc7nncn7C)CC(C#N)C6)c3)C5=O)C4)CC2)c(F)c2c1C(=O)N(C1CCC(=O)NC1=O)C2. The number of anilines is 3. The van der Waals surface area contributed by atoms with Crippen LogP contribution in [0.5, 0.6) is 0 Å². The van der Waals surface area contributed by atoms with Gasteiger partial charge in [0.15, 0.2) is 5.82 Å². The number of hydrogen-bond acceptors (Lipinski definition) is 10. The van der Waals surface area contributed by atoms with Gasteiger partial charge in [0.25, 0.3) is 11.8 Å². The van der Waals surface area contributed by atoms with Crippen LogP contribution in [0.2, 0.25) is 0 Å². The van der Waals surface area contributed by atoms with E-state index in [0.29, 0.717) is 85.1 Å². The Morgan fingerprint density at radius 1 is 0.887 bits per heavy atom. The molecule has 4 saturated heterocycles. The molecule has 0 radical (unpaired) electrons. The van der Waals surface area contributed by atoms with E-state index in [1.165, 1.54) is 15.9 Å². The summed E-state index contributed by atoms with van der Waals surface area (Å²) in [5.41, 5.74) is 2.23. The quantitative estimate of drug-likeness (QED) is 0.135. The molecule has 3 aromatic carbocycles. The second-order valence-corrected chi connectivity index (χ2v) is 22.0. The Balaban J connectivity index is 0.728. The smallest absolute Gasteiger partial charge is 0.370 e. The topological polar surface area (TPSA) is 151 Å². The number of likely N-dealkylation sites (tertiary alicyclic amines) is 1. The summed E-state index contributed by atoms with van der Waals surface area (Å²) in [5, 5.41) is 20.3. The van der Waals surface area contributed by atoms with E-state index in [1.807, 2.05) is 34.7 Å². The Morgan fingerprint density at radius 2 is 1.62 bits per heavy atom. The van der Waals surface area contributed by atoms with E-state index in [2.05, 4.69) is 45.2 Å². The summed E-state index contributed by atoms with van der Waals surface area (Å²) in [4.78, 5) is 61.5. The molecule has 11 rings (SSSR count). The second-order valence-electron chi connectivity index (χ2n) is 22.0. The number of benzene rings is 3. The van der Waals surface area contributed by atoms with Crippen LogP contribution in [0, 0.1) is 41.3 Å². The molecule has 1 saturated carbocycles. The zero-order valence-electron chi connectivity index (χ0n) is 40.5. The summed E-state index contributed by atoms with van der Waals surface area (Å²) in [5.74, 6) is -1.22. The van der Waals surface area contributed by atoms with Gasteiger partial charge < -0.3 is 24.2 Å². The summed E-state index contributed by atoms with van der Waals surface area (Å²) in [6, 6.07) is 13.6. The standard InChI is InChI=1S/C53H58F4N10O4/c1-31-18-42(46(54)39-27-67(49(71)45(31)39)41-8-9-44(68)60-47(41)69)63-14-10-33(11-15-63)50(2,3)65-16-12-51(13-17-65)28-64(29-51)36-20-37-38(40(21-36)53(55,56)57)26-66(48(37)70)35-7-5-6-34(19-35)52(22-32(23-52)25-58)24-43-61-59-30-62(43)4/h5-7,18-21,30,32-33,41H,8-17,22-24,26-29H2,1-4H3,(H,60,68,69). The highest BCUT2D eigenvalue weighted by Crippen LogP contribution is 2.52. The monoisotopic (exact) mass is 974 g/mol. The lowest BCUT2D eigenvalue weighted by Gasteiger charge is -2.58. The first-order valence-corrected chi connectivity index (χ1v) is 24.9. The molecular weight excluding hydrogens is 917 g/mol. The lowest BCUT2D eigenvalue weighted by atomic mass is 9.57. The van der Waals surface area contributed by atoms with Crippen LogP contribution in [0.25, 0.3) is 0 Å². The molecule has 71 heavy (non-hydrogen) atoms. The van der Waals surface area contributed by atoms with Crippen LogP contribution in [0.15, 0.2) is 48.8 Å². The number of aryl methyl sites for hydroxylation is 2. The Labute approximate surface area is 409 Å². The van der Waals surface area contributed by atoms with Gasteiger partial charge in [-0.3, -0.25) is 29.4 Å². The predicted octanol–water partition coefficient (Wildman–Crippen LogP) is 7.21. The minimum absolute atomic E-state index is 0.0161. The van der Waals surface area contributed by atoms with Crippen LogP contribution in [0.4, 0.5) is 34.6 Å². The number of aromatic nitrogens is 3. The molecule has 1 atom stereocenters. The molecule has 1 spiro atoms. The molecule has 4 aromatic rings. The third kappa shape index (κ3) is 7.84. The number of carbonyl (C=O) groups excluding carboxylic acids is 4. The lowest BCUT2D eigenvalue weighted by molar-refractivity contribution is -0.138. The Morgan fingerprint density at radius 3 is 2.28 bits per heavy atom. The maximum absolute atomic E-state index is 16.4. The maximum atomic E-state index is 16.4. The van der Waals surface area contributed by atoms with Gasteiger partial charge in [0, 0.05) is 90.9 Å². The average molecular weight is 975 g/mol. The summed E-state index contributed by atoms with van der Waals surface area (Å²) in [6.07, 6.45) is 2.52. The molecule has 1 aromatic heterocycles. The minimum atomic E-state index is -4.66. The molecule has 0 bridgehead atoms. The first-order chi connectivity index (χ1) is 33.8. The molecule has 372 valence electrons. The first-order valence-electron chi connectivity index (χ1n) is 24.9. The van der Waals surface area contributed by atoms with Gasteiger partial charge in [0.05, 0.1) is 36.0 Å². The third-order valence-electron chi connectivity index (χ3n) is 17.7. The van der Waals surface area contributed by atoms with Crippen LogP contribution in [0.1, 0.15) is 120 Å². The van der Waals surface area contributed by atoms with Crippen molar-refractivity contribution in [1.82, 2.24) is 29.9 Å². The van der Waals surface area contributed by atoms with Gasteiger partial charge in [-0.2, -0.15) is 18.4 Å². The second kappa shape index (κ2) is 16.9. The number of fused-ring (bicyclic) bond motifs is 2. The van der Waals surface area contributed by atoms with Crippen molar-refractivity contribution in [2.75, 3.05) is 54.0 Å². The van der Waals surface area contributed by atoms with E-state index in [9.17, 15) is 37.6 Å². The molecule has 14 nitrogen and oxygen atoms in total.